The van der Waals surface area contributed by atoms with E-state index in [-0.39, 0.29) is 42.5 Å². The van der Waals surface area contributed by atoms with E-state index in [0.29, 0.717) is 25.7 Å². The highest BCUT2D eigenvalue weighted by Crippen LogP contribution is 2.31. The number of hydrogen-bond donors (Lipinski definition) is 3. The molecule has 1 fully saturated rings. The van der Waals surface area contributed by atoms with Crippen molar-refractivity contribution in [3.63, 3.8) is 0 Å². The van der Waals surface area contributed by atoms with Gasteiger partial charge in [-0.2, -0.15) is 0 Å². The van der Waals surface area contributed by atoms with Crippen molar-refractivity contribution in [2.24, 2.45) is 4.99 Å². The first-order valence-corrected chi connectivity index (χ1v) is 9.76. The quantitative estimate of drug-likeness (QED) is 0.188. The van der Waals surface area contributed by atoms with E-state index >= 15 is 0 Å². The van der Waals surface area contributed by atoms with Gasteiger partial charge in [0.15, 0.2) is 5.96 Å². The van der Waals surface area contributed by atoms with E-state index < -0.39 is 0 Å². The zero-order valence-electron chi connectivity index (χ0n) is 17.6. The second-order valence-electron chi connectivity index (χ2n) is 6.65. The first-order valence-electron chi connectivity index (χ1n) is 9.76. The summed E-state index contributed by atoms with van der Waals surface area (Å²) >= 11 is 0. The van der Waals surface area contributed by atoms with Crippen LogP contribution in [0.1, 0.15) is 24.4 Å². The average molecular weight is 519 g/mol. The van der Waals surface area contributed by atoms with Gasteiger partial charge in [-0.1, -0.05) is 18.2 Å². The fourth-order valence-corrected chi connectivity index (χ4v) is 3.36. The summed E-state index contributed by atoms with van der Waals surface area (Å²) in [6.07, 6.45) is 2.42. The fourth-order valence-electron chi connectivity index (χ4n) is 3.36. The van der Waals surface area contributed by atoms with Crippen molar-refractivity contribution in [1.29, 1.82) is 0 Å². The minimum absolute atomic E-state index is 0. The Hall–Kier alpha value is -1.59. The summed E-state index contributed by atoms with van der Waals surface area (Å²) < 4.78 is 10.5. The van der Waals surface area contributed by atoms with Crippen LogP contribution >= 0.6 is 24.0 Å². The lowest BCUT2D eigenvalue weighted by molar-refractivity contribution is -0.120. The molecule has 0 spiro atoms. The van der Waals surface area contributed by atoms with Gasteiger partial charge in [0, 0.05) is 32.8 Å². The first kappa shape index (κ1) is 25.4. The van der Waals surface area contributed by atoms with Crippen molar-refractivity contribution in [2.75, 3.05) is 60.6 Å². The van der Waals surface area contributed by atoms with Crippen LogP contribution in [0.15, 0.2) is 29.3 Å². The molecule has 3 N–H and O–H groups in total. The Morgan fingerprint density at radius 2 is 1.90 bits per heavy atom. The van der Waals surface area contributed by atoms with Gasteiger partial charge in [0.25, 0.3) is 0 Å². The smallest absolute Gasteiger partial charge is 0.239 e. The number of carbonyl (C=O) groups is 1. The Labute approximate surface area is 190 Å². The normalized spacial score (nSPS) is 15.3. The molecule has 9 heteroatoms. The maximum Gasteiger partial charge on any atom is 0.239 e. The SMILES string of the molecule is CN=C(NCC(=O)NCCOC)NCC(c1ccccc1OC)N1CCCC1.I. The first-order chi connectivity index (χ1) is 13.7. The van der Waals surface area contributed by atoms with Crippen LogP contribution in [0.4, 0.5) is 0 Å². The summed E-state index contributed by atoms with van der Waals surface area (Å²) in [5.41, 5.74) is 1.16. The van der Waals surface area contributed by atoms with Gasteiger partial charge in [0.05, 0.1) is 26.3 Å². The number of nitrogens with one attached hydrogen (secondary N) is 3. The van der Waals surface area contributed by atoms with E-state index in [9.17, 15) is 4.79 Å². The average Bonchev–Trinajstić information content (AvgIpc) is 3.25. The summed E-state index contributed by atoms with van der Waals surface area (Å²) in [5, 5.41) is 9.19. The molecular weight excluding hydrogens is 485 g/mol. The molecule has 1 aromatic rings. The van der Waals surface area contributed by atoms with Crippen LogP contribution in [0.3, 0.4) is 0 Å². The Kier molecular flexibility index (Phi) is 12.6. The molecule has 2 rings (SSSR count). The Morgan fingerprint density at radius 1 is 1.17 bits per heavy atom. The third kappa shape index (κ3) is 8.35. The zero-order valence-corrected chi connectivity index (χ0v) is 19.9. The number of benzene rings is 1. The summed E-state index contributed by atoms with van der Waals surface area (Å²) in [7, 11) is 5.01. The van der Waals surface area contributed by atoms with E-state index in [2.05, 4.69) is 31.9 Å². The monoisotopic (exact) mass is 519 g/mol. The van der Waals surface area contributed by atoms with Crippen LogP contribution in [0, 0.1) is 0 Å². The lowest BCUT2D eigenvalue weighted by Gasteiger charge is -2.30. The third-order valence-electron chi connectivity index (χ3n) is 4.81. The molecule has 1 aliphatic rings. The molecule has 0 aliphatic carbocycles. The molecule has 1 heterocycles. The largest absolute Gasteiger partial charge is 0.496 e. The van der Waals surface area contributed by atoms with Crippen molar-refractivity contribution in [3.05, 3.63) is 29.8 Å². The molecule has 8 nitrogen and oxygen atoms in total. The number of guanidine groups is 1. The van der Waals surface area contributed by atoms with Crippen molar-refractivity contribution >= 4 is 35.8 Å². The summed E-state index contributed by atoms with van der Waals surface area (Å²) in [6, 6.07) is 8.31. The van der Waals surface area contributed by atoms with Gasteiger partial charge in [-0.05, 0) is 32.0 Å². The fraction of sp³-hybridized carbons (Fsp3) is 0.600. The van der Waals surface area contributed by atoms with Crippen LogP contribution < -0.4 is 20.7 Å². The van der Waals surface area contributed by atoms with E-state index in [0.717, 1.165) is 24.4 Å². The van der Waals surface area contributed by atoms with Crippen LogP contribution in [0.5, 0.6) is 5.75 Å². The molecule has 29 heavy (non-hydrogen) atoms. The molecule has 0 radical (unpaired) electrons. The Bertz CT molecular complexity index is 638. The topological polar surface area (TPSA) is 87.2 Å². The van der Waals surface area contributed by atoms with Crippen LogP contribution in [0.2, 0.25) is 0 Å². The molecule has 1 atom stereocenters. The van der Waals surface area contributed by atoms with Gasteiger partial charge in [-0.15, -0.1) is 24.0 Å². The predicted octanol–water partition coefficient (Wildman–Crippen LogP) is 1.38. The van der Waals surface area contributed by atoms with Crippen LogP contribution in [0.25, 0.3) is 0 Å². The van der Waals surface area contributed by atoms with E-state index in [1.54, 1.807) is 21.3 Å². The Balaban J connectivity index is 0.00000420. The minimum atomic E-state index is -0.0965. The van der Waals surface area contributed by atoms with E-state index in [4.69, 9.17) is 9.47 Å². The number of para-hydroxylation sites is 1. The van der Waals surface area contributed by atoms with Gasteiger partial charge in [-0.3, -0.25) is 14.7 Å². The van der Waals surface area contributed by atoms with Crippen LogP contribution in [-0.2, 0) is 9.53 Å². The van der Waals surface area contributed by atoms with Gasteiger partial charge in [0.2, 0.25) is 5.91 Å². The molecule has 0 aromatic heterocycles. The van der Waals surface area contributed by atoms with Crippen molar-refractivity contribution in [2.45, 2.75) is 18.9 Å². The van der Waals surface area contributed by atoms with Crippen LogP contribution in [-0.4, -0.2) is 77.4 Å². The number of halogens is 1. The van der Waals surface area contributed by atoms with Gasteiger partial charge >= 0.3 is 0 Å². The number of amides is 1. The van der Waals surface area contributed by atoms with Gasteiger partial charge in [0.1, 0.15) is 5.75 Å². The Morgan fingerprint density at radius 3 is 2.55 bits per heavy atom. The molecule has 0 bridgehead atoms. The summed E-state index contributed by atoms with van der Waals surface area (Å²) in [5.74, 6) is 1.39. The van der Waals surface area contributed by atoms with Crippen molar-refractivity contribution in [3.8, 4) is 5.75 Å². The molecule has 1 aliphatic heterocycles. The molecule has 1 aromatic carbocycles. The standard InChI is InChI=1S/C20H33N5O3.HI/c1-21-20(24-15-19(26)22-10-13-27-2)23-14-17(25-11-6-7-12-25)16-8-4-5-9-18(16)28-3;/h4-5,8-9,17H,6-7,10-15H2,1-3H3,(H,22,26)(H2,21,23,24);1H. The number of carbonyl (C=O) groups excluding carboxylic acids is 1. The van der Waals surface area contributed by atoms with Gasteiger partial charge in [-0.25, -0.2) is 0 Å². The number of nitrogens with zero attached hydrogens (tertiary/aromatic N) is 2. The minimum Gasteiger partial charge on any atom is -0.496 e. The zero-order chi connectivity index (χ0) is 20.2. The van der Waals surface area contributed by atoms with Crippen molar-refractivity contribution < 1.29 is 14.3 Å². The second kappa shape index (κ2) is 14.4. The highest BCUT2D eigenvalue weighted by molar-refractivity contribution is 14.0. The number of hydrogen-bond acceptors (Lipinski definition) is 5. The number of rotatable bonds is 10. The highest BCUT2D eigenvalue weighted by Gasteiger charge is 2.26. The van der Waals surface area contributed by atoms with Gasteiger partial charge < -0.3 is 25.4 Å². The summed E-state index contributed by atoms with van der Waals surface area (Å²) in [6.45, 7) is 3.96. The number of aliphatic imine (C=N–C) groups is 1. The lowest BCUT2D eigenvalue weighted by atomic mass is 10.0. The second-order valence-corrected chi connectivity index (χ2v) is 6.65. The predicted molar refractivity (Wildman–Crippen MR) is 126 cm³/mol. The lowest BCUT2D eigenvalue weighted by Crippen LogP contribution is -2.46. The molecular formula is C20H34IN5O3. The van der Waals surface area contributed by atoms with Crippen molar-refractivity contribution in [1.82, 2.24) is 20.9 Å². The number of ether oxygens (including phenoxy) is 2. The maximum absolute atomic E-state index is 11.9. The molecule has 0 saturated carbocycles. The molecule has 1 saturated heterocycles. The molecule has 1 unspecified atom stereocenters. The molecule has 1 amide bonds. The van der Waals surface area contributed by atoms with E-state index in [1.807, 2.05) is 18.2 Å². The maximum atomic E-state index is 11.9. The summed E-state index contributed by atoms with van der Waals surface area (Å²) in [4.78, 5) is 18.6. The number of likely N-dealkylation sites (tertiary alicyclic amines) is 1. The third-order valence-corrected chi connectivity index (χ3v) is 4.81. The highest BCUT2D eigenvalue weighted by atomic mass is 127. The molecule has 164 valence electrons. The van der Waals surface area contributed by atoms with E-state index in [1.165, 1.54) is 12.8 Å². The number of methoxy groups -OCH3 is 2.